The van der Waals surface area contributed by atoms with Crippen LogP contribution >= 0.6 is 11.6 Å². The molecule has 1 heterocycles. The number of hydrogen-bond donors (Lipinski definition) is 1. The molecule has 0 unspecified atom stereocenters. The van der Waals surface area contributed by atoms with E-state index in [4.69, 9.17) is 11.6 Å². The first-order valence-electron chi connectivity index (χ1n) is 4.79. The summed E-state index contributed by atoms with van der Waals surface area (Å²) in [7, 11) is 3.71. The Labute approximate surface area is 102 Å². The smallest absolute Gasteiger partial charge is 0.369 e. The SMILES string of the molecule is CN(C)CCNc1cc(C(F)(F)F)nc(Cl)n1. The maximum Gasteiger partial charge on any atom is 0.433 e. The average Bonchev–Trinajstić information content (AvgIpc) is 2.14. The van der Waals surface area contributed by atoms with E-state index in [9.17, 15) is 13.2 Å². The molecule has 0 saturated carbocycles. The molecule has 0 atom stereocenters. The van der Waals surface area contributed by atoms with Gasteiger partial charge in [0, 0.05) is 19.2 Å². The summed E-state index contributed by atoms with van der Waals surface area (Å²) < 4.78 is 37.2. The van der Waals surface area contributed by atoms with Gasteiger partial charge in [-0.05, 0) is 25.7 Å². The Hall–Kier alpha value is -1.08. The summed E-state index contributed by atoms with van der Waals surface area (Å²) in [5.74, 6) is 0.0687. The zero-order valence-electron chi connectivity index (χ0n) is 9.35. The Kier molecular flexibility index (Phi) is 4.53. The molecule has 1 rings (SSSR count). The van der Waals surface area contributed by atoms with E-state index in [1.54, 1.807) is 0 Å². The van der Waals surface area contributed by atoms with E-state index < -0.39 is 17.2 Å². The molecule has 1 aromatic rings. The molecule has 96 valence electrons. The molecule has 8 heteroatoms. The Bertz CT molecular complexity index is 381. The zero-order valence-corrected chi connectivity index (χ0v) is 10.1. The van der Waals surface area contributed by atoms with Gasteiger partial charge in [-0.3, -0.25) is 0 Å². The van der Waals surface area contributed by atoms with Gasteiger partial charge in [0.15, 0.2) is 5.69 Å². The van der Waals surface area contributed by atoms with Crippen molar-refractivity contribution in [2.24, 2.45) is 0 Å². The molecule has 1 N–H and O–H groups in total. The number of rotatable bonds is 4. The van der Waals surface area contributed by atoms with Crippen LogP contribution in [0.3, 0.4) is 0 Å². The van der Waals surface area contributed by atoms with E-state index in [0.29, 0.717) is 13.1 Å². The average molecular weight is 269 g/mol. The van der Waals surface area contributed by atoms with Crippen LogP contribution in [0.1, 0.15) is 5.69 Å². The van der Waals surface area contributed by atoms with Gasteiger partial charge in [-0.25, -0.2) is 9.97 Å². The molecular formula is C9H12ClF3N4. The molecule has 0 aliphatic rings. The van der Waals surface area contributed by atoms with Gasteiger partial charge in [-0.15, -0.1) is 0 Å². The van der Waals surface area contributed by atoms with Crippen LogP contribution in [0.2, 0.25) is 5.28 Å². The lowest BCUT2D eigenvalue weighted by molar-refractivity contribution is -0.141. The van der Waals surface area contributed by atoms with Crippen molar-refractivity contribution >= 4 is 17.4 Å². The van der Waals surface area contributed by atoms with Crippen molar-refractivity contribution in [2.75, 3.05) is 32.5 Å². The second-order valence-electron chi connectivity index (χ2n) is 3.64. The molecule has 0 amide bonds. The summed E-state index contributed by atoms with van der Waals surface area (Å²) in [5.41, 5.74) is -1.05. The molecule has 0 aliphatic heterocycles. The number of likely N-dealkylation sites (N-methyl/N-ethyl adjacent to an activating group) is 1. The number of halogens is 4. The number of aromatic nitrogens is 2. The standard InChI is InChI=1S/C9H12ClF3N4/c1-17(2)4-3-14-7-5-6(9(11,12)13)15-8(10)16-7/h5H,3-4H2,1-2H3,(H,14,15,16). The Morgan fingerprint density at radius 1 is 1.35 bits per heavy atom. The molecule has 0 fully saturated rings. The summed E-state index contributed by atoms with van der Waals surface area (Å²) in [6, 6.07) is 0.835. The lowest BCUT2D eigenvalue weighted by Crippen LogP contribution is -2.21. The largest absolute Gasteiger partial charge is 0.433 e. The van der Waals surface area contributed by atoms with Gasteiger partial charge in [0.2, 0.25) is 5.28 Å². The Morgan fingerprint density at radius 2 is 2.00 bits per heavy atom. The second-order valence-corrected chi connectivity index (χ2v) is 3.97. The third kappa shape index (κ3) is 4.74. The van der Waals surface area contributed by atoms with Crippen LogP contribution in [0.4, 0.5) is 19.0 Å². The first-order valence-corrected chi connectivity index (χ1v) is 5.17. The van der Waals surface area contributed by atoms with E-state index in [1.807, 2.05) is 19.0 Å². The van der Waals surface area contributed by atoms with Gasteiger partial charge in [-0.2, -0.15) is 13.2 Å². The van der Waals surface area contributed by atoms with E-state index >= 15 is 0 Å². The normalized spacial score (nSPS) is 11.9. The predicted molar refractivity (Wildman–Crippen MR) is 59.1 cm³/mol. The van der Waals surface area contributed by atoms with Gasteiger partial charge in [0.25, 0.3) is 0 Å². The predicted octanol–water partition coefficient (Wildman–Crippen LogP) is 2.12. The minimum absolute atomic E-state index is 0.0687. The molecule has 4 nitrogen and oxygen atoms in total. The van der Waals surface area contributed by atoms with E-state index in [-0.39, 0.29) is 5.82 Å². The van der Waals surface area contributed by atoms with Crippen molar-refractivity contribution < 1.29 is 13.2 Å². The number of nitrogens with one attached hydrogen (secondary N) is 1. The first-order chi connectivity index (χ1) is 7.79. The van der Waals surface area contributed by atoms with Crippen LogP contribution in [0.15, 0.2) is 6.07 Å². The van der Waals surface area contributed by atoms with Crippen molar-refractivity contribution in [2.45, 2.75) is 6.18 Å². The molecule has 1 aromatic heterocycles. The third-order valence-corrected chi connectivity index (χ3v) is 2.02. The summed E-state index contributed by atoms with van der Waals surface area (Å²) in [5, 5.41) is 2.33. The highest BCUT2D eigenvalue weighted by molar-refractivity contribution is 6.28. The number of hydrogen-bond acceptors (Lipinski definition) is 4. The van der Waals surface area contributed by atoms with Crippen LogP contribution < -0.4 is 5.32 Å². The summed E-state index contributed by atoms with van der Waals surface area (Å²) in [6.07, 6.45) is -4.52. The fraction of sp³-hybridized carbons (Fsp3) is 0.556. The molecular weight excluding hydrogens is 257 g/mol. The number of nitrogens with zero attached hydrogens (tertiary/aromatic N) is 3. The highest BCUT2D eigenvalue weighted by Crippen LogP contribution is 2.29. The van der Waals surface area contributed by atoms with Gasteiger partial charge < -0.3 is 10.2 Å². The number of anilines is 1. The maximum atomic E-state index is 12.4. The van der Waals surface area contributed by atoms with Crippen LogP contribution in [0.5, 0.6) is 0 Å². The fourth-order valence-electron chi connectivity index (χ4n) is 1.06. The van der Waals surface area contributed by atoms with Crippen molar-refractivity contribution in [3.63, 3.8) is 0 Å². The zero-order chi connectivity index (χ0) is 13.1. The van der Waals surface area contributed by atoms with E-state index in [2.05, 4.69) is 15.3 Å². The van der Waals surface area contributed by atoms with Crippen molar-refractivity contribution in [1.82, 2.24) is 14.9 Å². The first kappa shape index (κ1) is 14.0. The lowest BCUT2D eigenvalue weighted by atomic mass is 10.4. The monoisotopic (exact) mass is 268 g/mol. The Balaban J connectivity index is 2.76. The summed E-state index contributed by atoms with van der Waals surface area (Å²) in [6.45, 7) is 1.14. The van der Waals surface area contributed by atoms with Gasteiger partial charge in [-0.1, -0.05) is 0 Å². The van der Waals surface area contributed by atoms with Gasteiger partial charge in [0.05, 0.1) is 0 Å². The molecule has 0 saturated heterocycles. The van der Waals surface area contributed by atoms with Crippen molar-refractivity contribution in [3.8, 4) is 0 Å². The van der Waals surface area contributed by atoms with Crippen molar-refractivity contribution in [3.05, 3.63) is 17.0 Å². The highest BCUT2D eigenvalue weighted by atomic mass is 35.5. The molecule has 17 heavy (non-hydrogen) atoms. The van der Waals surface area contributed by atoms with Crippen LogP contribution in [-0.4, -0.2) is 42.1 Å². The topological polar surface area (TPSA) is 41.0 Å². The maximum absolute atomic E-state index is 12.4. The van der Waals surface area contributed by atoms with Crippen LogP contribution in [0, 0.1) is 0 Å². The van der Waals surface area contributed by atoms with Crippen LogP contribution in [-0.2, 0) is 6.18 Å². The van der Waals surface area contributed by atoms with Crippen molar-refractivity contribution in [1.29, 1.82) is 0 Å². The third-order valence-electron chi connectivity index (χ3n) is 1.85. The molecule has 0 spiro atoms. The van der Waals surface area contributed by atoms with E-state index in [1.165, 1.54) is 0 Å². The quantitative estimate of drug-likeness (QED) is 0.850. The minimum atomic E-state index is -4.52. The fourth-order valence-corrected chi connectivity index (χ4v) is 1.24. The summed E-state index contributed by atoms with van der Waals surface area (Å²) >= 11 is 5.42. The molecule has 0 radical (unpaired) electrons. The summed E-state index contributed by atoms with van der Waals surface area (Å²) in [4.78, 5) is 8.69. The highest BCUT2D eigenvalue weighted by Gasteiger charge is 2.33. The second kappa shape index (κ2) is 5.50. The molecule has 0 aliphatic carbocycles. The van der Waals surface area contributed by atoms with Crippen LogP contribution in [0.25, 0.3) is 0 Å². The van der Waals surface area contributed by atoms with Gasteiger partial charge in [0.1, 0.15) is 5.82 Å². The minimum Gasteiger partial charge on any atom is -0.369 e. The Morgan fingerprint density at radius 3 is 2.53 bits per heavy atom. The lowest BCUT2D eigenvalue weighted by Gasteiger charge is -2.12. The molecule has 0 bridgehead atoms. The molecule has 0 aromatic carbocycles. The van der Waals surface area contributed by atoms with Gasteiger partial charge >= 0.3 is 6.18 Å². The van der Waals surface area contributed by atoms with E-state index in [0.717, 1.165) is 6.07 Å². The number of alkyl halides is 3.